The van der Waals surface area contributed by atoms with E-state index in [0.29, 0.717) is 0 Å². The molecular weight excluding hydrogens is 234 g/mol. The van der Waals surface area contributed by atoms with Crippen LogP contribution in [0.25, 0.3) is 0 Å². The molecule has 0 aliphatic carbocycles. The zero-order chi connectivity index (χ0) is 14.5. The quantitative estimate of drug-likeness (QED) is 0.395. The summed E-state index contributed by atoms with van der Waals surface area (Å²) in [5.74, 6) is 0. The number of unbranched alkanes of at least 4 members (excludes halogenated alkanes) is 9. The lowest BCUT2D eigenvalue weighted by atomic mass is 10.1. The molecule has 0 bridgehead atoms. The standard InChI is InChI=1S/C16H37N3/c1-4-5-6-7-8-9-10-11-12-13-14-19(15(2)17)16(3)18/h15-16H,4-14,17-18H2,1-3H3. The van der Waals surface area contributed by atoms with Crippen molar-refractivity contribution in [2.24, 2.45) is 11.5 Å². The van der Waals surface area contributed by atoms with Crippen LogP contribution >= 0.6 is 0 Å². The second-order valence-electron chi connectivity index (χ2n) is 5.90. The Morgan fingerprint density at radius 3 is 1.42 bits per heavy atom. The Bertz CT molecular complexity index is 173. The third-order valence-corrected chi connectivity index (χ3v) is 3.82. The summed E-state index contributed by atoms with van der Waals surface area (Å²) < 4.78 is 0. The van der Waals surface area contributed by atoms with E-state index in [1.54, 1.807) is 0 Å². The molecule has 19 heavy (non-hydrogen) atoms. The first kappa shape index (κ1) is 18.9. The molecular formula is C16H37N3. The fourth-order valence-electron chi connectivity index (χ4n) is 2.56. The van der Waals surface area contributed by atoms with Crippen molar-refractivity contribution in [1.29, 1.82) is 0 Å². The number of nitrogens with zero attached hydrogens (tertiary/aromatic N) is 1. The average Bonchev–Trinajstić information content (AvgIpc) is 2.35. The molecule has 3 heteroatoms. The van der Waals surface area contributed by atoms with E-state index < -0.39 is 0 Å². The van der Waals surface area contributed by atoms with Crippen LogP contribution in [-0.4, -0.2) is 23.8 Å². The highest BCUT2D eigenvalue weighted by Crippen LogP contribution is 2.11. The van der Waals surface area contributed by atoms with E-state index in [0.717, 1.165) is 6.54 Å². The lowest BCUT2D eigenvalue weighted by Gasteiger charge is -2.29. The van der Waals surface area contributed by atoms with Gasteiger partial charge in [-0.3, -0.25) is 4.90 Å². The van der Waals surface area contributed by atoms with Gasteiger partial charge in [0.25, 0.3) is 0 Å². The SMILES string of the molecule is CCCCCCCCCCCCN(C(C)N)C(C)N. The van der Waals surface area contributed by atoms with Crippen molar-refractivity contribution < 1.29 is 0 Å². The normalized spacial score (nSPS) is 14.8. The fourth-order valence-corrected chi connectivity index (χ4v) is 2.56. The monoisotopic (exact) mass is 271 g/mol. The van der Waals surface area contributed by atoms with Crippen LogP contribution in [0.5, 0.6) is 0 Å². The van der Waals surface area contributed by atoms with Crippen molar-refractivity contribution in [1.82, 2.24) is 4.90 Å². The minimum atomic E-state index is 0.0681. The van der Waals surface area contributed by atoms with Gasteiger partial charge in [0, 0.05) is 6.54 Å². The first-order valence-corrected chi connectivity index (χ1v) is 8.36. The maximum atomic E-state index is 5.90. The number of nitrogens with two attached hydrogens (primary N) is 2. The average molecular weight is 271 g/mol. The molecule has 0 amide bonds. The van der Waals surface area contributed by atoms with E-state index in [1.807, 2.05) is 13.8 Å². The van der Waals surface area contributed by atoms with Crippen molar-refractivity contribution in [2.75, 3.05) is 6.54 Å². The molecule has 4 N–H and O–H groups in total. The molecule has 0 rings (SSSR count). The van der Waals surface area contributed by atoms with Crippen LogP contribution in [0.4, 0.5) is 0 Å². The van der Waals surface area contributed by atoms with Gasteiger partial charge in [0.05, 0.1) is 12.3 Å². The third-order valence-electron chi connectivity index (χ3n) is 3.82. The lowest BCUT2D eigenvalue weighted by molar-refractivity contribution is 0.156. The van der Waals surface area contributed by atoms with Crippen LogP contribution in [0.3, 0.4) is 0 Å². The first-order chi connectivity index (χ1) is 9.09. The van der Waals surface area contributed by atoms with E-state index in [9.17, 15) is 0 Å². The van der Waals surface area contributed by atoms with E-state index in [1.165, 1.54) is 64.2 Å². The second kappa shape index (κ2) is 12.9. The summed E-state index contributed by atoms with van der Waals surface area (Å²) in [6.07, 6.45) is 13.9. The Balaban J connectivity index is 3.30. The second-order valence-corrected chi connectivity index (χ2v) is 5.90. The molecule has 0 radical (unpaired) electrons. The summed E-state index contributed by atoms with van der Waals surface area (Å²) in [5, 5.41) is 0. The van der Waals surface area contributed by atoms with Gasteiger partial charge >= 0.3 is 0 Å². The minimum absolute atomic E-state index is 0.0681. The molecule has 0 fully saturated rings. The zero-order valence-corrected chi connectivity index (χ0v) is 13.5. The maximum absolute atomic E-state index is 5.90. The van der Waals surface area contributed by atoms with E-state index in [2.05, 4.69) is 11.8 Å². The predicted molar refractivity (Wildman–Crippen MR) is 85.8 cm³/mol. The zero-order valence-electron chi connectivity index (χ0n) is 13.5. The van der Waals surface area contributed by atoms with Crippen molar-refractivity contribution in [3.63, 3.8) is 0 Å². The molecule has 116 valence electrons. The topological polar surface area (TPSA) is 55.3 Å². The molecule has 0 spiro atoms. The van der Waals surface area contributed by atoms with Gasteiger partial charge in [0.2, 0.25) is 0 Å². The molecule has 0 aliphatic rings. The first-order valence-electron chi connectivity index (χ1n) is 8.36. The number of rotatable bonds is 13. The maximum Gasteiger partial charge on any atom is 0.0556 e. The van der Waals surface area contributed by atoms with Crippen LogP contribution < -0.4 is 11.5 Å². The molecule has 2 unspecified atom stereocenters. The summed E-state index contributed by atoms with van der Waals surface area (Å²) >= 11 is 0. The highest BCUT2D eigenvalue weighted by molar-refractivity contribution is 4.65. The van der Waals surface area contributed by atoms with Crippen LogP contribution in [0.1, 0.15) is 85.0 Å². The fraction of sp³-hybridized carbons (Fsp3) is 1.00. The van der Waals surface area contributed by atoms with E-state index in [-0.39, 0.29) is 12.3 Å². The van der Waals surface area contributed by atoms with Gasteiger partial charge < -0.3 is 11.5 Å². The van der Waals surface area contributed by atoms with Gasteiger partial charge in [-0.15, -0.1) is 0 Å². The summed E-state index contributed by atoms with van der Waals surface area (Å²) in [6, 6.07) is 0. The summed E-state index contributed by atoms with van der Waals surface area (Å²) in [5.41, 5.74) is 11.8. The van der Waals surface area contributed by atoms with Crippen molar-refractivity contribution in [3.05, 3.63) is 0 Å². The molecule has 2 atom stereocenters. The molecule has 0 saturated carbocycles. The third kappa shape index (κ3) is 11.4. The van der Waals surface area contributed by atoms with Crippen molar-refractivity contribution in [3.8, 4) is 0 Å². The Labute approximate surface area is 121 Å². The van der Waals surface area contributed by atoms with Crippen LogP contribution in [0, 0.1) is 0 Å². The van der Waals surface area contributed by atoms with Gasteiger partial charge in [-0.1, -0.05) is 64.7 Å². The molecule has 0 saturated heterocycles. The molecule has 0 aliphatic heterocycles. The largest absolute Gasteiger partial charge is 0.316 e. The Morgan fingerprint density at radius 1 is 0.684 bits per heavy atom. The minimum Gasteiger partial charge on any atom is -0.316 e. The van der Waals surface area contributed by atoms with Crippen LogP contribution in [0.2, 0.25) is 0 Å². The van der Waals surface area contributed by atoms with E-state index >= 15 is 0 Å². The highest BCUT2D eigenvalue weighted by atomic mass is 15.3. The summed E-state index contributed by atoms with van der Waals surface area (Å²) in [4.78, 5) is 2.17. The van der Waals surface area contributed by atoms with Gasteiger partial charge in [-0.25, -0.2) is 0 Å². The molecule has 3 nitrogen and oxygen atoms in total. The van der Waals surface area contributed by atoms with Gasteiger partial charge in [0.1, 0.15) is 0 Å². The summed E-state index contributed by atoms with van der Waals surface area (Å²) in [7, 11) is 0. The van der Waals surface area contributed by atoms with Gasteiger partial charge in [-0.05, 0) is 20.3 Å². The molecule has 0 heterocycles. The van der Waals surface area contributed by atoms with Crippen molar-refractivity contribution in [2.45, 2.75) is 97.3 Å². The van der Waals surface area contributed by atoms with E-state index in [4.69, 9.17) is 11.5 Å². The summed E-state index contributed by atoms with van der Waals surface area (Å²) in [6.45, 7) is 7.33. The molecule has 0 aromatic heterocycles. The number of hydrogen-bond acceptors (Lipinski definition) is 3. The lowest BCUT2D eigenvalue weighted by Crippen LogP contribution is -2.49. The van der Waals surface area contributed by atoms with Gasteiger partial charge in [-0.2, -0.15) is 0 Å². The molecule has 0 aromatic rings. The van der Waals surface area contributed by atoms with Crippen molar-refractivity contribution >= 4 is 0 Å². The highest BCUT2D eigenvalue weighted by Gasteiger charge is 2.12. The Morgan fingerprint density at radius 2 is 1.05 bits per heavy atom. The Hall–Kier alpha value is -0.120. The van der Waals surface area contributed by atoms with Crippen LogP contribution in [-0.2, 0) is 0 Å². The predicted octanol–water partition coefficient (Wildman–Crippen LogP) is 3.82. The molecule has 0 aromatic carbocycles. The number of hydrogen-bond donors (Lipinski definition) is 2. The van der Waals surface area contributed by atoms with Crippen LogP contribution in [0.15, 0.2) is 0 Å². The van der Waals surface area contributed by atoms with Gasteiger partial charge in [0.15, 0.2) is 0 Å². The Kier molecular flexibility index (Phi) is 12.8. The smallest absolute Gasteiger partial charge is 0.0556 e.